The van der Waals surface area contributed by atoms with Gasteiger partial charge in [-0.2, -0.15) is 0 Å². The highest BCUT2D eigenvalue weighted by Gasteiger charge is 2.14. The molecule has 0 saturated carbocycles. The van der Waals surface area contributed by atoms with Gasteiger partial charge in [-0.15, -0.1) is 0 Å². The van der Waals surface area contributed by atoms with Gasteiger partial charge in [0.2, 0.25) is 0 Å². The van der Waals surface area contributed by atoms with Crippen LogP contribution in [0.25, 0.3) is 11.6 Å². The van der Waals surface area contributed by atoms with Crippen LogP contribution in [0.4, 0.5) is 0 Å². The molecule has 31 heavy (non-hydrogen) atoms. The Morgan fingerprint density at radius 3 is 2.23 bits per heavy atom. The summed E-state index contributed by atoms with van der Waals surface area (Å²) in [6.07, 6.45) is 4.46. The van der Waals surface area contributed by atoms with E-state index < -0.39 is 0 Å². The fourth-order valence-electron chi connectivity index (χ4n) is 3.88. The minimum Gasteiger partial charge on any atom is -0.348 e. The van der Waals surface area contributed by atoms with Gasteiger partial charge in [-0.3, -0.25) is 9.69 Å². The molecule has 1 heterocycles. The number of rotatable bonds is 7. The molecule has 0 aliphatic carbocycles. The molecule has 0 aromatic heterocycles. The van der Waals surface area contributed by atoms with Crippen molar-refractivity contribution < 1.29 is 4.79 Å². The van der Waals surface area contributed by atoms with Crippen molar-refractivity contribution in [2.75, 3.05) is 13.1 Å². The fraction of sp³-hybridized carbons (Fsp3) is 0.222. The predicted octanol–water partition coefficient (Wildman–Crippen LogP) is 5.79. The summed E-state index contributed by atoms with van der Waals surface area (Å²) in [5.74, 6) is -0.118. The maximum absolute atomic E-state index is 13.1. The van der Waals surface area contributed by atoms with Crippen LogP contribution in [0, 0.1) is 0 Å². The van der Waals surface area contributed by atoms with Gasteiger partial charge < -0.3 is 5.32 Å². The van der Waals surface area contributed by atoms with Gasteiger partial charge in [-0.05, 0) is 60.3 Å². The van der Waals surface area contributed by atoms with Crippen LogP contribution < -0.4 is 5.32 Å². The first-order valence-corrected chi connectivity index (χ1v) is 11.2. The van der Waals surface area contributed by atoms with Crippen molar-refractivity contribution in [3.05, 3.63) is 106 Å². The number of hydrogen-bond acceptors (Lipinski definition) is 2. The second-order valence-electron chi connectivity index (χ2n) is 7.93. The Kier molecular flexibility index (Phi) is 7.18. The number of halogens is 1. The van der Waals surface area contributed by atoms with Gasteiger partial charge in [0.25, 0.3) is 5.91 Å². The van der Waals surface area contributed by atoms with Gasteiger partial charge in [-0.25, -0.2) is 0 Å². The molecule has 4 rings (SSSR count). The number of nitrogens with one attached hydrogen (secondary N) is 1. The highest BCUT2D eigenvalue weighted by Crippen LogP contribution is 2.23. The van der Waals surface area contributed by atoms with E-state index in [2.05, 4.69) is 34.5 Å². The minimum atomic E-state index is -0.118. The Balaban J connectivity index is 1.46. The summed E-state index contributed by atoms with van der Waals surface area (Å²) in [4.78, 5) is 15.6. The number of benzene rings is 3. The Bertz CT molecular complexity index is 1040. The summed E-state index contributed by atoms with van der Waals surface area (Å²) in [5, 5.41) is 3.69. The molecule has 3 nitrogen and oxygen atoms in total. The summed E-state index contributed by atoms with van der Waals surface area (Å²) < 4.78 is 0. The van der Waals surface area contributed by atoms with Crippen molar-refractivity contribution in [3.8, 4) is 0 Å². The lowest BCUT2D eigenvalue weighted by atomic mass is 10.0. The molecule has 3 aromatic carbocycles. The van der Waals surface area contributed by atoms with Crippen LogP contribution in [-0.4, -0.2) is 23.9 Å². The van der Waals surface area contributed by atoms with Gasteiger partial charge >= 0.3 is 0 Å². The molecule has 1 aliphatic rings. The number of carbonyl (C=O) groups excluding carboxylic acids is 1. The van der Waals surface area contributed by atoms with Gasteiger partial charge in [0.05, 0.1) is 0 Å². The maximum Gasteiger partial charge on any atom is 0.252 e. The Morgan fingerprint density at radius 1 is 0.871 bits per heavy atom. The number of likely N-dealkylation sites (tertiary alicyclic amines) is 1. The van der Waals surface area contributed by atoms with Crippen LogP contribution in [0.3, 0.4) is 0 Å². The molecule has 158 valence electrons. The zero-order valence-corrected chi connectivity index (χ0v) is 18.3. The van der Waals surface area contributed by atoms with Crippen LogP contribution in [0.2, 0.25) is 5.02 Å². The first-order chi connectivity index (χ1) is 15.2. The zero-order chi connectivity index (χ0) is 21.5. The molecule has 0 unspecified atom stereocenters. The smallest absolute Gasteiger partial charge is 0.252 e. The van der Waals surface area contributed by atoms with Crippen molar-refractivity contribution in [3.63, 3.8) is 0 Å². The van der Waals surface area contributed by atoms with Gasteiger partial charge in [0, 0.05) is 23.7 Å². The molecule has 0 bridgehead atoms. The number of nitrogens with zero attached hydrogens (tertiary/aromatic N) is 1. The molecule has 4 heteroatoms. The van der Waals surface area contributed by atoms with Gasteiger partial charge in [-0.1, -0.05) is 84.4 Å². The van der Waals surface area contributed by atoms with Gasteiger partial charge in [0.1, 0.15) is 0 Å². The second kappa shape index (κ2) is 10.4. The zero-order valence-electron chi connectivity index (χ0n) is 17.6. The van der Waals surface area contributed by atoms with E-state index in [4.69, 9.17) is 11.6 Å². The van der Waals surface area contributed by atoms with Crippen molar-refractivity contribution in [1.29, 1.82) is 0 Å². The lowest BCUT2D eigenvalue weighted by Crippen LogP contribution is -2.24. The monoisotopic (exact) mass is 430 g/mol. The lowest BCUT2D eigenvalue weighted by Gasteiger charge is -2.15. The maximum atomic E-state index is 13.1. The molecule has 0 spiro atoms. The van der Waals surface area contributed by atoms with E-state index in [-0.39, 0.29) is 5.91 Å². The first-order valence-electron chi connectivity index (χ1n) is 10.8. The highest BCUT2D eigenvalue weighted by molar-refractivity contribution is 6.33. The van der Waals surface area contributed by atoms with E-state index in [1.807, 2.05) is 60.7 Å². The summed E-state index contributed by atoms with van der Waals surface area (Å²) >= 11 is 6.33. The molecular weight excluding hydrogens is 404 g/mol. The van der Waals surface area contributed by atoms with Crippen LogP contribution in [0.15, 0.2) is 78.9 Å². The van der Waals surface area contributed by atoms with Crippen LogP contribution in [0.5, 0.6) is 0 Å². The van der Waals surface area contributed by atoms with Crippen molar-refractivity contribution in [2.24, 2.45) is 0 Å². The Morgan fingerprint density at radius 2 is 1.52 bits per heavy atom. The largest absolute Gasteiger partial charge is 0.348 e. The van der Waals surface area contributed by atoms with Crippen LogP contribution >= 0.6 is 11.6 Å². The highest BCUT2D eigenvalue weighted by atomic mass is 35.5. The molecule has 1 N–H and O–H groups in total. The summed E-state index contributed by atoms with van der Waals surface area (Å²) in [6, 6.07) is 25.8. The normalized spacial score (nSPS) is 14.5. The average Bonchev–Trinajstić information content (AvgIpc) is 3.31. The van der Waals surface area contributed by atoms with E-state index in [1.54, 1.807) is 0 Å². The average molecular weight is 431 g/mol. The topological polar surface area (TPSA) is 32.3 Å². The molecular formula is C27H27ClN2O. The van der Waals surface area contributed by atoms with Crippen LogP contribution in [0.1, 0.15) is 35.1 Å². The van der Waals surface area contributed by atoms with Crippen LogP contribution in [-0.2, 0) is 17.9 Å². The van der Waals surface area contributed by atoms with E-state index >= 15 is 0 Å². The third-order valence-corrected chi connectivity index (χ3v) is 5.96. The first kappa shape index (κ1) is 21.4. The molecule has 1 aliphatic heterocycles. The second-order valence-corrected chi connectivity index (χ2v) is 8.34. The third kappa shape index (κ3) is 5.84. The molecule has 1 saturated heterocycles. The third-order valence-electron chi connectivity index (χ3n) is 5.62. The summed E-state index contributed by atoms with van der Waals surface area (Å²) in [7, 11) is 0. The van der Waals surface area contributed by atoms with Crippen molar-refractivity contribution in [2.45, 2.75) is 25.9 Å². The Hall–Kier alpha value is -2.88. The van der Waals surface area contributed by atoms with E-state index in [0.29, 0.717) is 17.1 Å². The summed E-state index contributed by atoms with van der Waals surface area (Å²) in [6.45, 7) is 3.87. The standard InChI is InChI=1S/C27H27ClN2O/c28-26-11-5-4-10-24(26)18-25(23-8-2-1-3-9-23)27(31)29-19-21-12-14-22(15-13-21)20-30-16-6-7-17-30/h1-5,8-15,18H,6-7,16-17,19-20H2,(H,29,31)/b25-18+. The number of carbonyl (C=O) groups is 1. The Labute approximate surface area is 189 Å². The van der Waals surface area contributed by atoms with Crippen molar-refractivity contribution in [1.82, 2.24) is 10.2 Å². The van der Waals surface area contributed by atoms with E-state index in [1.165, 1.54) is 31.5 Å². The minimum absolute atomic E-state index is 0.118. The van der Waals surface area contributed by atoms with Gasteiger partial charge in [0.15, 0.2) is 0 Å². The molecule has 1 amide bonds. The molecule has 1 fully saturated rings. The molecule has 0 radical (unpaired) electrons. The quantitative estimate of drug-likeness (QED) is 0.380. The SMILES string of the molecule is O=C(NCc1ccc(CN2CCCC2)cc1)/C(=C/c1ccccc1Cl)c1ccccc1. The van der Waals surface area contributed by atoms with Crippen molar-refractivity contribution >= 4 is 29.2 Å². The number of hydrogen-bond donors (Lipinski definition) is 1. The molecule has 0 atom stereocenters. The van der Waals surface area contributed by atoms with E-state index in [9.17, 15) is 4.79 Å². The lowest BCUT2D eigenvalue weighted by molar-refractivity contribution is -0.115. The molecule has 3 aromatic rings. The predicted molar refractivity (Wildman–Crippen MR) is 129 cm³/mol. The fourth-order valence-corrected chi connectivity index (χ4v) is 4.07. The number of amides is 1. The van der Waals surface area contributed by atoms with E-state index in [0.717, 1.165) is 23.2 Å². The summed E-state index contributed by atoms with van der Waals surface area (Å²) in [5.41, 5.74) is 4.69.